The number of fused-ring (bicyclic) bond motifs is 1. The summed E-state index contributed by atoms with van der Waals surface area (Å²) in [5.74, 6) is -0.777. The molecule has 2 amide bonds. The van der Waals surface area contributed by atoms with Crippen LogP contribution < -0.4 is 20.3 Å². The molecule has 33 heavy (non-hydrogen) atoms. The van der Waals surface area contributed by atoms with Gasteiger partial charge < -0.3 is 14.6 Å². The summed E-state index contributed by atoms with van der Waals surface area (Å²) in [4.78, 5) is 24.7. The summed E-state index contributed by atoms with van der Waals surface area (Å²) in [6, 6.07) is 10.5. The summed E-state index contributed by atoms with van der Waals surface area (Å²) in [5, 5.41) is 9.72. The molecule has 11 heteroatoms. The van der Waals surface area contributed by atoms with Crippen molar-refractivity contribution in [3.8, 4) is 17.2 Å². The number of rotatable bonds is 4. The van der Waals surface area contributed by atoms with Gasteiger partial charge in [0.2, 0.25) is 15.9 Å². The van der Waals surface area contributed by atoms with Gasteiger partial charge in [0, 0.05) is 31.5 Å². The highest BCUT2D eigenvalue weighted by Gasteiger charge is 2.33. The van der Waals surface area contributed by atoms with Crippen LogP contribution in [0.4, 0.5) is 0 Å². The van der Waals surface area contributed by atoms with Crippen LogP contribution in [0.25, 0.3) is 0 Å². The van der Waals surface area contributed by atoms with Gasteiger partial charge in [-0.3, -0.25) is 20.4 Å². The molecule has 2 heterocycles. The van der Waals surface area contributed by atoms with E-state index in [1.54, 1.807) is 18.2 Å². The highest BCUT2D eigenvalue weighted by atomic mass is 32.2. The minimum absolute atomic E-state index is 0.0360. The molecule has 2 aliphatic rings. The summed E-state index contributed by atoms with van der Waals surface area (Å²) in [5.41, 5.74) is 4.67. The highest BCUT2D eigenvalue weighted by molar-refractivity contribution is 7.89. The molecule has 3 N–H and O–H groups in total. The third-order valence-electron chi connectivity index (χ3n) is 5.63. The van der Waals surface area contributed by atoms with Crippen molar-refractivity contribution in [1.82, 2.24) is 15.2 Å². The van der Waals surface area contributed by atoms with Crippen molar-refractivity contribution in [3.05, 3.63) is 48.0 Å². The number of hydrogen-bond donors (Lipinski definition) is 3. The lowest BCUT2D eigenvalue weighted by atomic mass is 9.98. The maximum Gasteiger partial charge on any atom is 0.273 e. The maximum absolute atomic E-state index is 13.1. The molecule has 0 saturated carbocycles. The van der Waals surface area contributed by atoms with Gasteiger partial charge >= 0.3 is 0 Å². The van der Waals surface area contributed by atoms with Crippen LogP contribution in [-0.4, -0.2) is 55.9 Å². The average molecular weight is 476 g/mol. The smallest absolute Gasteiger partial charge is 0.273 e. The third-order valence-corrected chi connectivity index (χ3v) is 7.52. The Kier molecular flexibility index (Phi) is 6.70. The topological polar surface area (TPSA) is 134 Å². The quantitative estimate of drug-likeness (QED) is 0.569. The van der Waals surface area contributed by atoms with Gasteiger partial charge in [0.1, 0.15) is 5.75 Å². The Hall–Kier alpha value is -3.31. The van der Waals surface area contributed by atoms with E-state index >= 15 is 0 Å². The number of hydrogen-bond acceptors (Lipinski definition) is 7. The molecule has 0 aromatic heterocycles. The Balaban J connectivity index is 1.33. The number of para-hydroxylation sites is 1. The zero-order valence-corrected chi connectivity index (χ0v) is 18.6. The van der Waals surface area contributed by atoms with E-state index in [1.807, 2.05) is 0 Å². The zero-order valence-electron chi connectivity index (χ0n) is 17.8. The monoisotopic (exact) mass is 475 g/mol. The van der Waals surface area contributed by atoms with Gasteiger partial charge in [-0.15, -0.1) is 0 Å². The summed E-state index contributed by atoms with van der Waals surface area (Å²) in [6.45, 7) is 1.31. The number of phenols is 1. The first-order valence-corrected chi connectivity index (χ1v) is 12.1. The van der Waals surface area contributed by atoms with Gasteiger partial charge in [-0.05, 0) is 37.1 Å². The third kappa shape index (κ3) is 5.04. The first kappa shape index (κ1) is 22.9. The van der Waals surface area contributed by atoms with Gasteiger partial charge in [0.05, 0.1) is 23.7 Å². The molecule has 2 aliphatic heterocycles. The second-order valence-electron chi connectivity index (χ2n) is 7.80. The zero-order chi connectivity index (χ0) is 23.4. The Morgan fingerprint density at radius 2 is 1.67 bits per heavy atom. The van der Waals surface area contributed by atoms with Crippen LogP contribution in [-0.2, 0) is 14.8 Å². The van der Waals surface area contributed by atoms with Gasteiger partial charge in [0.15, 0.2) is 11.5 Å². The number of carbonyl (C=O) groups is 2. The van der Waals surface area contributed by atoms with Crippen molar-refractivity contribution < 1.29 is 32.6 Å². The lowest BCUT2D eigenvalue weighted by molar-refractivity contribution is -0.126. The summed E-state index contributed by atoms with van der Waals surface area (Å²) in [7, 11) is -3.75. The van der Waals surface area contributed by atoms with Crippen molar-refractivity contribution >= 4 is 21.8 Å². The summed E-state index contributed by atoms with van der Waals surface area (Å²) in [6.07, 6.45) is 1.34. The molecular formula is C22H25N3O7S. The van der Waals surface area contributed by atoms with E-state index in [-0.39, 0.29) is 29.3 Å². The average Bonchev–Trinajstić information content (AvgIpc) is 3.07. The number of sulfonamides is 1. The molecule has 0 spiro atoms. The van der Waals surface area contributed by atoms with Crippen LogP contribution in [0.5, 0.6) is 17.2 Å². The van der Waals surface area contributed by atoms with Crippen LogP contribution >= 0.6 is 0 Å². The molecule has 1 saturated heterocycles. The Morgan fingerprint density at radius 1 is 0.970 bits per heavy atom. The lowest BCUT2D eigenvalue weighted by Crippen LogP contribution is -2.48. The van der Waals surface area contributed by atoms with Crippen LogP contribution in [0.2, 0.25) is 0 Å². The van der Waals surface area contributed by atoms with Crippen molar-refractivity contribution in [2.75, 3.05) is 26.3 Å². The van der Waals surface area contributed by atoms with E-state index in [2.05, 4.69) is 10.9 Å². The normalized spacial score (nSPS) is 17.1. The van der Waals surface area contributed by atoms with E-state index in [0.29, 0.717) is 37.6 Å². The number of benzene rings is 2. The number of aromatic hydroxyl groups is 1. The lowest BCUT2D eigenvalue weighted by Gasteiger charge is -2.30. The number of hydrazine groups is 1. The fraction of sp³-hybridized carbons (Fsp3) is 0.364. The van der Waals surface area contributed by atoms with Crippen LogP contribution in [0.15, 0.2) is 47.4 Å². The van der Waals surface area contributed by atoms with E-state index < -0.39 is 27.8 Å². The molecule has 0 atom stereocenters. The van der Waals surface area contributed by atoms with E-state index in [1.165, 1.54) is 28.6 Å². The molecule has 0 unspecified atom stereocenters. The first-order valence-electron chi connectivity index (χ1n) is 10.6. The first-order chi connectivity index (χ1) is 15.9. The van der Waals surface area contributed by atoms with Gasteiger partial charge in [-0.2, -0.15) is 4.31 Å². The molecule has 4 rings (SSSR count). The molecule has 0 radical (unpaired) electrons. The second kappa shape index (κ2) is 9.67. The van der Waals surface area contributed by atoms with Gasteiger partial charge in [0.25, 0.3) is 5.91 Å². The van der Waals surface area contributed by atoms with Crippen LogP contribution in [0, 0.1) is 5.92 Å². The number of amides is 2. The molecule has 10 nitrogen and oxygen atoms in total. The standard InChI is InChI=1S/C22H25N3O7S/c26-18-5-2-1-4-17(18)22(28)24-23-21(27)15-8-10-25(11-9-15)33(29,30)16-6-7-19-20(14-16)32-13-3-12-31-19/h1-2,4-7,14-15,26H,3,8-13H2,(H,23,27)(H,24,28). The van der Waals surface area contributed by atoms with Crippen LogP contribution in [0.1, 0.15) is 29.6 Å². The van der Waals surface area contributed by atoms with Crippen molar-refractivity contribution in [2.45, 2.75) is 24.2 Å². The summed E-state index contributed by atoms with van der Waals surface area (Å²) >= 11 is 0. The van der Waals surface area contributed by atoms with E-state index in [4.69, 9.17) is 9.47 Å². The molecule has 0 bridgehead atoms. The van der Waals surface area contributed by atoms with Crippen molar-refractivity contribution in [3.63, 3.8) is 0 Å². The fourth-order valence-electron chi connectivity index (χ4n) is 3.76. The molecular weight excluding hydrogens is 450 g/mol. The Labute approximate surface area is 191 Å². The molecule has 2 aromatic carbocycles. The SMILES string of the molecule is O=C(NNC(=O)C1CCN(S(=O)(=O)c2ccc3c(c2)OCCCO3)CC1)c1ccccc1O. The van der Waals surface area contributed by atoms with Crippen molar-refractivity contribution in [2.24, 2.45) is 5.92 Å². The predicted molar refractivity (Wildman–Crippen MR) is 117 cm³/mol. The Bertz CT molecular complexity index is 1140. The maximum atomic E-state index is 13.1. The van der Waals surface area contributed by atoms with E-state index in [9.17, 15) is 23.1 Å². The number of ether oxygens (including phenoxy) is 2. The number of piperidine rings is 1. The number of phenolic OH excluding ortho intramolecular Hbond substituents is 1. The molecule has 176 valence electrons. The number of carbonyl (C=O) groups excluding carboxylic acids is 2. The number of nitrogens with zero attached hydrogens (tertiary/aromatic N) is 1. The minimum atomic E-state index is -3.75. The van der Waals surface area contributed by atoms with Crippen LogP contribution in [0.3, 0.4) is 0 Å². The van der Waals surface area contributed by atoms with E-state index in [0.717, 1.165) is 6.42 Å². The van der Waals surface area contributed by atoms with Crippen molar-refractivity contribution in [1.29, 1.82) is 0 Å². The summed E-state index contributed by atoms with van der Waals surface area (Å²) < 4.78 is 38.7. The largest absolute Gasteiger partial charge is 0.507 e. The minimum Gasteiger partial charge on any atom is -0.507 e. The highest BCUT2D eigenvalue weighted by Crippen LogP contribution is 2.33. The molecule has 1 fully saturated rings. The molecule has 2 aromatic rings. The predicted octanol–water partition coefficient (Wildman–Crippen LogP) is 1.42. The second-order valence-corrected chi connectivity index (χ2v) is 9.74. The Morgan fingerprint density at radius 3 is 2.39 bits per heavy atom. The van der Waals surface area contributed by atoms with Gasteiger partial charge in [-0.1, -0.05) is 12.1 Å². The van der Waals surface area contributed by atoms with Gasteiger partial charge in [-0.25, -0.2) is 8.42 Å². The molecule has 0 aliphatic carbocycles. The fourth-order valence-corrected chi connectivity index (χ4v) is 5.25. The number of nitrogens with one attached hydrogen (secondary N) is 2.